The van der Waals surface area contributed by atoms with Crippen LogP contribution in [0, 0.1) is 11.8 Å². The van der Waals surface area contributed by atoms with Crippen LogP contribution < -0.4 is 0 Å². The summed E-state index contributed by atoms with van der Waals surface area (Å²) in [5.74, 6) is 1.67. The second-order valence-corrected chi connectivity index (χ2v) is 5.21. The average Bonchev–Trinajstić information content (AvgIpc) is 2.17. The Kier molecular flexibility index (Phi) is 3.35. The Morgan fingerprint density at radius 1 is 1.27 bits per heavy atom. The van der Waals surface area contributed by atoms with Crippen LogP contribution in [0.5, 0.6) is 0 Å². The lowest BCUT2D eigenvalue weighted by molar-refractivity contribution is 0.0977. The zero-order valence-electron chi connectivity index (χ0n) is 10.2. The molecular formula is C13H24N2. The van der Waals surface area contributed by atoms with Gasteiger partial charge in [0.1, 0.15) is 0 Å². The highest BCUT2D eigenvalue weighted by molar-refractivity contribution is 5.07. The fourth-order valence-electron chi connectivity index (χ4n) is 2.59. The fourth-order valence-corrected chi connectivity index (χ4v) is 2.59. The van der Waals surface area contributed by atoms with Crippen LogP contribution in [0.25, 0.3) is 0 Å². The van der Waals surface area contributed by atoms with Crippen LogP contribution >= 0.6 is 0 Å². The molecule has 2 rings (SSSR count). The van der Waals surface area contributed by atoms with Crippen molar-refractivity contribution >= 4 is 0 Å². The second kappa shape index (κ2) is 4.56. The topological polar surface area (TPSA) is 6.48 Å². The van der Waals surface area contributed by atoms with E-state index in [0.717, 1.165) is 11.8 Å². The fraction of sp³-hybridized carbons (Fsp3) is 0.846. The van der Waals surface area contributed by atoms with Gasteiger partial charge in [-0.25, -0.2) is 0 Å². The van der Waals surface area contributed by atoms with E-state index in [0.29, 0.717) is 0 Å². The maximum absolute atomic E-state index is 4.29. The van der Waals surface area contributed by atoms with Gasteiger partial charge in [-0.1, -0.05) is 20.4 Å². The van der Waals surface area contributed by atoms with E-state index < -0.39 is 0 Å². The van der Waals surface area contributed by atoms with Gasteiger partial charge in [-0.3, -0.25) is 0 Å². The molecule has 0 aromatic heterocycles. The molecule has 0 radical (unpaired) electrons. The minimum atomic E-state index is 0.748. The van der Waals surface area contributed by atoms with Gasteiger partial charge >= 0.3 is 0 Å². The molecule has 0 spiro atoms. The first-order valence-electron chi connectivity index (χ1n) is 6.36. The van der Waals surface area contributed by atoms with Crippen molar-refractivity contribution < 1.29 is 0 Å². The van der Waals surface area contributed by atoms with E-state index in [2.05, 4.69) is 30.2 Å². The number of hydrogen-bond donors (Lipinski definition) is 0. The van der Waals surface area contributed by atoms with Gasteiger partial charge in [0.25, 0.3) is 0 Å². The van der Waals surface area contributed by atoms with E-state index in [1.807, 2.05) is 0 Å². The van der Waals surface area contributed by atoms with Crippen LogP contribution in [0.2, 0.25) is 0 Å². The molecule has 0 bridgehead atoms. The summed E-state index contributed by atoms with van der Waals surface area (Å²) in [5.41, 5.74) is 1.41. The van der Waals surface area contributed by atoms with E-state index in [1.165, 1.54) is 51.3 Å². The minimum Gasteiger partial charge on any atom is -0.375 e. The van der Waals surface area contributed by atoms with Crippen molar-refractivity contribution in [1.29, 1.82) is 0 Å². The molecule has 0 atom stereocenters. The summed E-state index contributed by atoms with van der Waals surface area (Å²) < 4.78 is 0. The van der Waals surface area contributed by atoms with Crippen molar-refractivity contribution in [2.24, 2.45) is 11.8 Å². The third-order valence-electron chi connectivity index (χ3n) is 4.07. The smallest absolute Gasteiger partial charge is 0.0237 e. The standard InChI is InChI=1S/C13H24N2/c1-4-14-9-13(10-14)12(3)15-7-5-11(2)6-8-15/h11,13H,3-10H2,1-2H3. The zero-order valence-corrected chi connectivity index (χ0v) is 10.2. The summed E-state index contributed by atoms with van der Waals surface area (Å²) >= 11 is 0. The summed E-state index contributed by atoms with van der Waals surface area (Å²) in [6.07, 6.45) is 2.70. The normalized spacial score (nSPS) is 25.3. The molecule has 0 saturated carbocycles. The predicted octanol–water partition coefficient (Wildman–Crippen LogP) is 2.18. The molecule has 2 aliphatic heterocycles. The Bertz CT molecular complexity index is 223. The van der Waals surface area contributed by atoms with E-state index >= 15 is 0 Å². The highest BCUT2D eigenvalue weighted by atomic mass is 15.2. The predicted molar refractivity (Wildman–Crippen MR) is 64.7 cm³/mol. The van der Waals surface area contributed by atoms with E-state index in [-0.39, 0.29) is 0 Å². The average molecular weight is 208 g/mol. The minimum absolute atomic E-state index is 0.748. The molecule has 2 aliphatic rings. The van der Waals surface area contributed by atoms with Gasteiger partial charge in [-0.2, -0.15) is 0 Å². The molecule has 86 valence electrons. The van der Waals surface area contributed by atoms with E-state index in [9.17, 15) is 0 Å². The number of likely N-dealkylation sites (tertiary alicyclic amines) is 2. The van der Waals surface area contributed by atoms with Gasteiger partial charge in [-0.05, 0) is 25.3 Å². The highest BCUT2D eigenvalue weighted by Gasteiger charge is 2.30. The lowest BCUT2D eigenvalue weighted by Crippen LogP contribution is -2.50. The van der Waals surface area contributed by atoms with E-state index in [4.69, 9.17) is 0 Å². The molecule has 2 heterocycles. The lowest BCUT2D eigenvalue weighted by atomic mass is 9.93. The molecule has 2 fully saturated rings. The summed E-state index contributed by atoms with van der Waals surface area (Å²) in [5, 5.41) is 0. The third-order valence-corrected chi connectivity index (χ3v) is 4.07. The maximum atomic E-state index is 4.29. The molecule has 0 aliphatic carbocycles. The van der Waals surface area contributed by atoms with Gasteiger partial charge in [0.15, 0.2) is 0 Å². The Hall–Kier alpha value is -0.500. The summed E-state index contributed by atoms with van der Waals surface area (Å²) in [7, 11) is 0. The molecule has 0 unspecified atom stereocenters. The number of rotatable bonds is 3. The highest BCUT2D eigenvalue weighted by Crippen LogP contribution is 2.28. The van der Waals surface area contributed by atoms with Crippen molar-refractivity contribution in [1.82, 2.24) is 9.80 Å². The van der Waals surface area contributed by atoms with Crippen LogP contribution in [0.15, 0.2) is 12.3 Å². The van der Waals surface area contributed by atoms with E-state index in [1.54, 1.807) is 0 Å². The van der Waals surface area contributed by atoms with Crippen LogP contribution in [0.4, 0.5) is 0 Å². The van der Waals surface area contributed by atoms with Gasteiger partial charge in [0.05, 0.1) is 0 Å². The molecule has 2 heteroatoms. The second-order valence-electron chi connectivity index (χ2n) is 5.21. The Morgan fingerprint density at radius 3 is 2.40 bits per heavy atom. The number of nitrogens with zero attached hydrogens (tertiary/aromatic N) is 2. The van der Waals surface area contributed by atoms with Gasteiger partial charge in [0, 0.05) is 37.8 Å². The van der Waals surface area contributed by atoms with Crippen LogP contribution in [-0.4, -0.2) is 42.5 Å². The monoisotopic (exact) mass is 208 g/mol. The zero-order chi connectivity index (χ0) is 10.8. The van der Waals surface area contributed by atoms with Crippen molar-refractivity contribution in [3.8, 4) is 0 Å². The van der Waals surface area contributed by atoms with Crippen molar-refractivity contribution in [3.05, 3.63) is 12.3 Å². The number of piperidine rings is 1. The van der Waals surface area contributed by atoms with Gasteiger partial charge in [-0.15, -0.1) is 0 Å². The summed E-state index contributed by atoms with van der Waals surface area (Å²) in [4.78, 5) is 5.01. The van der Waals surface area contributed by atoms with Crippen molar-refractivity contribution in [2.75, 3.05) is 32.7 Å². The molecule has 0 amide bonds. The third kappa shape index (κ3) is 2.36. The Labute approximate surface area is 93.9 Å². The molecule has 0 aromatic rings. The van der Waals surface area contributed by atoms with Gasteiger partial charge < -0.3 is 9.80 Å². The van der Waals surface area contributed by atoms with Crippen molar-refractivity contribution in [3.63, 3.8) is 0 Å². The van der Waals surface area contributed by atoms with Crippen LogP contribution in [0.3, 0.4) is 0 Å². The largest absolute Gasteiger partial charge is 0.375 e. The SMILES string of the molecule is C=C(C1CN(CC)C1)N1CCC(C)CC1. The first kappa shape index (κ1) is 11.0. The summed E-state index contributed by atoms with van der Waals surface area (Å²) in [6, 6.07) is 0. The molecule has 2 saturated heterocycles. The molecular weight excluding hydrogens is 184 g/mol. The number of hydrogen-bond acceptors (Lipinski definition) is 2. The Morgan fingerprint density at radius 2 is 1.87 bits per heavy atom. The Balaban J connectivity index is 1.77. The molecule has 0 aromatic carbocycles. The first-order valence-corrected chi connectivity index (χ1v) is 6.36. The summed E-state index contributed by atoms with van der Waals surface area (Å²) in [6.45, 7) is 15.0. The van der Waals surface area contributed by atoms with Crippen LogP contribution in [-0.2, 0) is 0 Å². The maximum Gasteiger partial charge on any atom is 0.0237 e. The van der Waals surface area contributed by atoms with Crippen molar-refractivity contribution in [2.45, 2.75) is 26.7 Å². The lowest BCUT2D eigenvalue weighted by Gasteiger charge is -2.44. The van der Waals surface area contributed by atoms with Crippen LogP contribution in [0.1, 0.15) is 26.7 Å². The quantitative estimate of drug-likeness (QED) is 0.701. The molecule has 15 heavy (non-hydrogen) atoms. The molecule has 0 N–H and O–H groups in total. The molecule has 2 nitrogen and oxygen atoms in total. The first-order chi connectivity index (χ1) is 7.20. The van der Waals surface area contributed by atoms with Gasteiger partial charge in [0.2, 0.25) is 0 Å².